The molecule has 3 N–H and O–H groups in total. The summed E-state index contributed by atoms with van der Waals surface area (Å²) in [7, 11) is 1.86. The Labute approximate surface area is 116 Å². The van der Waals surface area contributed by atoms with Crippen LogP contribution in [0.5, 0.6) is 0 Å². The van der Waals surface area contributed by atoms with Gasteiger partial charge >= 0.3 is 0 Å². The van der Waals surface area contributed by atoms with Crippen molar-refractivity contribution in [1.29, 1.82) is 0 Å². The summed E-state index contributed by atoms with van der Waals surface area (Å²) in [6.45, 7) is 1.99. The molecule has 100 valence electrons. The molecule has 2 rings (SSSR count). The van der Waals surface area contributed by atoms with Crippen molar-refractivity contribution >= 4 is 23.2 Å². The third-order valence-corrected chi connectivity index (χ3v) is 3.18. The van der Waals surface area contributed by atoms with Gasteiger partial charge in [-0.3, -0.25) is 9.48 Å². The maximum atomic E-state index is 11.2. The third kappa shape index (κ3) is 3.06. The molecule has 5 nitrogen and oxygen atoms in total. The summed E-state index contributed by atoms with van der Waals surface area (Å²) in [6.07, 6.45) is 3.70. The lowest BCUT2D eigenvalue weighted by Gasteiger charge is -2.15. The number of amides is 1. The van der Waals surface area contributed by atoms with Crippen molar-refractivity contribution in [3.05, 3.63) is 46.7 Å². The van der Waals surface area contributed by atoms with Gasteiger partial charge in [-0.2, -0.15) is 5.10 Å². The van der Waals surface area contributed by atoms with Crippen LogP contribution in [-0.2, 0) is 7.05 Å². The number of nitrogens with zero attached hydrogens (tertiary/aromatic N) is 2. The molecule has 0 saturated heterocycles. The first-order valence-corrected chi connectivity index (χ1v) is 6.19. The average Bonchev–Trinajstić information content (AvgIpc) is 2.78. The minimum Gasteiger partial charge on any atom is -0.377 e. The summed E-state index contributed by atoms with van der Waals surface area (Å²) in [4.78, 5) is 11.2. The Kier molecular flexibility index (Phi) is 3.76. The fraction of sp³-hybridized carbons (Fsp3) is 0.231. The van der Waals surface area contributed by atoms with E-state index in [2.05, 4.69) is 10.4 Å². The fourth-order valence-corrected chi connectivity index (χ4v) is 1.94. The van der Waals surface area contributed by atoms with Crippen LogP contribution in [0.25, 0.3) is 0 Å². The number of benzene rings is 1. The first-order chi connectivity index (χ1) is 8.97. The van der Waals surface area contributed by atoms with E-state index in [0.29, 0.717) is 16.3 Å². The maximum Gasteiger partial charge on any atom is 0.248 e. The molecule has 1 aromatic carbocycles. The Bertz CT molecular complexity index is 608. The zero-order chi connectivity index (χ0) is 14.0. The molecule has 1 amide bonds. The number of halogens is 1. The van der Waals surface area contributed by atoms with Gasteiger partial charge in [-0.1, -0.05) is 11.6 Å². The Morgan fingerprint density at radius 1 is 1.53 bits per heavy atom. The van der Waals surface area contributed by atoms with Gasteiger partial charge in [-0.25, -0.2) is 0 Å². The molecule has 1 heterocycles. The van der Waals surface area contributed by atoms with Crippen molar-refractivity contribution in [1.82, 2.24) is 9.78 Å². The molecular weight excluding hydrogens is 264 g/mol. The molecule has 0 fully saturated rings. The van der Waals surface area contributed by atoms with Crippen LogP contribution in [0.15, 0.2) is 30.6 Å². The second-order valence-corrected chi connectivity index (χ2v) is 4.78. The highest BCUT2D eigenvalue weighted by Crippen LogP contribution is 2.27. The summed E-state index contributed by atoms with van der Waals surface area (Å²) in [6, 6.07) is 4.93. The summed E-state index contributed by atoms with van der Waals surface area (Å²) in [5.41, 5.74) is 7.38. The van der Waals surface area contributed by atoms with E-state index in [1.807, 2.05) is 20.2 Å². The van der Waals surface area contributed by atoms with Crippen molar-refractivity contribution < 1.29 is 4.79 Å². The Balaban J connectivity index is 2.22. The fourth-order valence-electron chi connectivity index (χ4n) is 1.77. The maximum absolute atomic E-state index is 11.2. The number of hydrogen-bond acceptors (Lipinski definition) is 3. The van der Waals surface area contributed by atoms with Gasteiger partial charge in [0, 0.05) is 24.4 Å². The predicted octanol–water partition coefficient (Wildman–Crippen LogP) is 2.35. The minimum absolute atomic E-state index is 0.0225. The Hall–Kier alpha value is -2.01. The molecule has 6 heteroatoms. The summed E-state index contributed by atoms with van der Waals surface area (Å²) < 4.78 is 1.73. The number of carbonyl (C=O) groups is 1. The van der Waals surface area contributed by atoms with Crippen molar-refractivity contribution in [3.8, 4) is 0 Å². The zero-order valence-electron chi connectivity index (χ0n) is 10.7. The Morgan fingerprint density at radius 3 is 2.84 bits per heavy atom. The smallest absolute Gasteiger partial charge is 0.248 e. The van der Waals surface area contributed by atoms with E-state index in [-0.39, 0.29) is 6.04 Å². The lowest BCUT2D eigenvalue weighted by Crippen LogP contribution is -2.12. The standard InChI is InChI=1S/C13H15ClN4O/c1-8(10-6-16-18(2)7-10)17-12-5-9(13(15)19)3-4-11(12)14/h3-8,17H,1-2H3,(H2,15,19). The van der Waals surface area contributed by atoms with Crippen LogP contribution >= 0.6 is 11.6 Å². The van der Waals surface area contributed by atoms with E-state index in [9.17, 15) is 4.79 Å². The predicted molar refractivity (Wildman–Crippen MR) is 75.2 cm³/mol. The number of primary amides is 1. The van der Waals surface area contributed by atoms with Gasteiger partial charge in [-0.05, 0) is 25.1 Å². The molecule has 0 bridgehead atoms. The number of carbonyl (C=O) groups excluding carboxylic acids is 1. The van der Waals surface area contributed by atoms with Gasteiger partial charge in [0.25, 0.3) is 0 Å². The van der Waals surface area contributed by atoms with Crippen LogP contribution in [-0.4, -0.2) is 15.7 Å². The normalized spacial score (nSPS) is 12.2. The minimum atomic E-state index is -0.478. The van der Waals surface area contributed by atoms with Crippen LogP contribution in [0.3, 0.4) is 0 Å². The highest BCUT2D eigenvalue weighted by Gasteiger charge is 2.11. The molecule has 0 saturated carbocycles. The highest BCUT2D eigenvalue weighted by molar-refractivity contribution is 6.33. The van der Waals surface area contributed by atoms with Crippen LogP contribution in [0, 0.1) is 0 Å². The number of rotatable bonds is 4. The lowest BCUT2D eigenvalue weighted by molar-refractivity contribution is 0.100. The first-order valence-electron chi connectivity index (χ1n) is 5.82. The number of aryl methyl sites for hydroxylation is 1. The van der Waals surface area contributed by atoms with Gasteiger partial charge in [0.05, 0.1) is 22.9 Å². The van der Waals surface area contributed by atoms with Crippen molar-refractivity contribution in [2.75, 3.05) is 5.32 Å². The van der Waals surface area contributed by atoms with Gasteiger partial charge in [0.2, 0.25) is 5.91 Å². The molecular formula is C13H15ClN4O. The average molecular weight is 279 g/mol. The van der Waals surface area contributed by atoms with Crippen LogP contribution in [0.2, 0.25) is 5.02 Å². The molecule has 1 atom stereocenters. The quantitative estimate of drug-likeness (QED) is 0.902. The number of nitrogens with two attached hydrogens (primary N) is 1. The van der Waals surface area contributed by atoms with E-state index >= 15 is 0 Å². The third-order valence-electron chi connectivity index (χ3n) is 2.85. The molecule has 2 aromatic rings. The topological polar surface area (TPSA) is 72.9 Å². The van der Waals surface area contributed by atoms with Gasteiger partial charge in [0.1, 0.15) is 0 Å². The largest absolute Gasteiger partial charge is 0.377 e. The molecule has 0 aliphatic carbocycles. The van der Waals surface area contributed by atoms with E-state index in [4.69, 9.17) is 17.3 Å². The second kappa shape index (κ2) is 5.32. The summed E-state index contributed by atoms with van der Waals surface area (Å²) in [5.74, 6) is -0.478. The molecule has 0 aliphatic heterocycles. The van der Waals surface area contributed by atoms with Gasteiger partial charge < -0.3 is 11.1 Å². The van der Waals surface area contributed by atoms with Crippen LogP contribution < -0.4 is 11.1 Å². The van der Waals surface area contributed by atoms with E-state index in [0.717, 1.165) is 5.56 Å². The van der Waals surface area contributed by atoms with Gasteiger partial charge in [-0.15, -0.1) is 0 Å². The van der Waals surface area contributed by atoms with Crippen molar-refractivity contribution in [2.24, 2.45) is 12.8 Å². The second-order valence-electron chi connectivity index (χ2n) is 4.37. The van der Waals surface area contributed by atoms with Crippen LogP contribution in [0.1, 0.15) is 28.9 Å². The van der Waals surface area contributed by atoms with Crippen molar-refractivity contribution in [3.63, 3.8) is 0 Å². The number of hydrogen-bond donors (Lipinski definition) is 2. The SMILES string of the molecule is CC(Nc1cc(C(N)=O)ccc1Cl)c1cnn(C)c1. The molecule has 0 radical (unpaired) electrons. The molecule has 0 spiro atoms. The van der Waals surface area contributed by atoms with Crippen molar-refractivity contribution in [2.45, 2.75) is 13.0 Å². The molecule has 19 heavy (non-hydrogen) atoms. The molecule has 0 aliphatic rings. The Morgan fingerprint density at radius 2 is 2.26 bits per heavy atom. The van der Waals surface area contributed by atoms with E-state index < -0.39 is 5.91 Å². The summed E-state index contributed by atoms with van der Waals surface area (Å²) >= 11 is 6.10. The summed E-state index contributed by atoms with van der Waals surface area (Å²) in [5, 5.41) is 7.90. The highest BCUT2D eigenvalue weighted by atomic mass is 35.5. The van der Waals surface area contributed by atoms with Gasteiger partial charge in [0.15, 0.2) is 0 Å². The van der Waals surface area contributed by atoms with Crippen LogP contribution in [0.4, 0.5) is 5.69 Å². The number of anilines is 1. The van der Waals surface area contributed by atoms with E-state index in [1.54, 1.807) is 29.1 Å². The monoisotopic (exact) mass is 278 g/mol. The molecule has 1 unspecified atom stereocenters. The first kappa shape index (κ1) is 13.4. The zero-order valence-corrected chi connectivity index (χ0v) is 11.5. The lowest BCUT2D eigenvalue weighted by atomic mass is 10.1. The molecule has 1 aromatic heterocycles. The number of aromatic nitrogens is 2. The van der Waals surface area contributed by atoms with E-state index in [1.165, 1.54) is 0 Å². The number of nitrogens with one attached hydrogen (secondary N) is 1.